The van der Waals surface area contributed by atoms with Gasteiger partial charge in [0.2, 0.25) is 5.75 Å². The first kappa shape index (κ1) is 31.4. The van der Waals surface area contributed by atoms with E-state index in [1.54, 1.807) is 36.7 Å². The lowest BCUT2D eigenvalue weighted by molar-refractivity contribution is 0.104. The molecule has 0 aliphatic carbocycles. The van der Waals surface area contributed by atoms with Crippen LogP contribution in [0.2, 0.25) is 0 Å². The zero-order valence-electron chi connectivity index (χ0n) is 25.7. The van der Waals surface area contributed by atoms with Crippen molar-refractivity contribution in [2.45, 2.75) is 12.8 Å². The van der Waals surface area contributed by atoms with Gasteiger partial charge in [-0.15, -0.1) is 11.3 Å². The van der Waals surface area contributed by atoms with Crippen molar-refractivity contribution in [1.82, 2.24) is 4.98 Å². The van der Waals surface area contributed by atoms with E-state index in [1.807, 2.05) is 60.7 Å². The van der Waals surface area contributed by atoms with Crippen LogP contribution in [0.4, 0.5) is 0 Å². The lowest BCUT2D eigenvalue weighted by atomic mass is 10.1. The molecule has 9 heteroatoms. The number of ether oxygens (including phenoxy) is 6. The molecule has 1 aromatic heterocycles. The Balaban J connectivity index is 1.11. The number of methoxy groups -OCH3 is 4. The molecule has 0 saturated carbocycles. The van der Waals surface area contributed by atoms with Gasteiger partial charge < -0.3 is 28.4 Å². The number of nitrogens with zero attached hydrogens (tertiary/aromatic N) is 1. The fourth-order valence-corrected chi connectivity index (χ4v) is 5.64. The molecule has 0 aliphatic rings. The minimum atomic E-state index is -0.209. The van der Waals surface area contributed by atoms with Gasteiger partial charge >= 0.3 is 0 Å². The number of aromatic nitrogens is 1. The number of rotatable bonds is 15. The number of hydrogen-bond donors (Lipinski definition) is 0. The molecule has 1 heterocycles. The maximum atomic E-state index is 12.9. The van der Waals surface area contributed by atoms with Gasteiger partial charge in [-0.2, -0.15) is 0 Å². The first-order valence-corrected chi connectivity index (χ1v) is 15.3. The Morgan fingerprint density at radius 3 is 2.09 bits per heavy atom. The Bertz CT molecular complexity index is 1720. The van der Waals surface area contributed by atoms with Crippen molar-refractivity contribution in [3.05, 3.63) is 96.1 Å². The van der Waals surface area contributed by atoms with Crippen molar-refractivity contribution in [1.29, 1.82) is 0 Å². The molecule has 0 aliphatic heterocycles. The Morgan fingerprint density at radius 2 is 1.42 bits per heavy atom. The summed E-state index contributed by atoms with van der Waals surface area (Å²) in [6.45, 7) is 1.07. The summed E-state index contributed by atoms with van der Waals surface area (Å²) in [6.07, 6.45) is 4.85. The lowest BCUT2D eigenvalue weighted by Crippen LogP contribution is -2.03. The molecule has 0 radical (unpaired) electrons. The van der Waals surface area contributed by atoms with Crippen molar-refractivity contribution in [3.8, 4) is 45.1 Å². The van der Waals surface area contributed by atoms with E-state index in [-0.39, 0.29) is 5.78 Å². The van der Waals surface area contributed by atoms with E-state index in [4.69, 9.17) is 33.4 Å². The second-order valence-electron chi connectivity index (χ2n) is 9.94. The van der Waals surface area contributed by atoms with E-state index in [9.17, 15) is 4.79 Å². The van der Waals surface area contributed by atoms with Gasteiger partial charge in [-0.3, -0.25) is 4.79 Å². The van der Waals surface area contributed by atoms with Gasteiger partial charge in [-0.25, -0.2) is 4.98 Å². The number of allylic oxidation sites excluding steroid dienone is 1. The molecule has 45 heavy (non-hydrogen) atoms. The third-order valence-electron chi connectivity index (χ3n) is 7.02. The molecule has 0 fully saturated rings. The maximum absolute atomic E-state index is 12.9. The van der Waals surface area contributed by atoms with E-state index < -0.39 is 0 Å². The van der Waals surface area contributed by atoms with Gasteiger partial charge in [0.25, 0.3) is 0 Å². The Labute approximate surface area is 266 Å². The third kappa shape index (κ3) is 7.74. The van der Waals surface area contributed by atoms with Gasteiger partial charge in [-0.1, -0.05) is 24.3 Å². The molecule has 0 atom stereocenters. The quantitative estimate of drug-likeness (QED) is 0.0655. The number of thiazole rings is 1. The van der Waals surface area contributed by atoms with E-state index in [0.717, 1.165) is 40.2 Å². The van der Waals surface area contributed by atoms with Gasteiger partial charge in [0.1, 0.15) is 10.8 Å². The van der Waals surface area contributed by atoms with Crippen LogP contribution in [0.1, 0.15) is 28.8 Å². The normalized spacial score (nSPS) is 11.0. The second-order valence-corrected chi connectivity index (χ2v) is 11.0. The third-order valence-corrected chi connectivity index (χ3v) is 8.11. The summed E-state index contributed by atoms with van der Waals surface area (Å²) < 4.78 is 34.7. The summed E-state index contributed by atoms with van der Waals surface area (Å²) in [5.41, 5.74) is 3.30. The Morgan fingerprint density at radius 1 is 0.733 bits per heavy atom. The summed E-state index contributed by atoms with van der Waals surface area (Å²) >= 11 is 1.69. The molecule has 0 spiro atoms. The first-order valence-electron chi connectivity index (χ1n) is 14.4. The van der Waals surface area contributed by atoms with Gasteiger partial charge in [-0.05, 0) is 85.1 Å². The van der Waals surface area contributed by atoms with Gasteiger partial charge in [0.05, 0.1) is 51.9 Å². The average Bonchev–Trinajstić information content (AvgIpc) is 3.52. The van der Waals surface area contributed by atoms with E-state index in [1.165, 1.54) is 32.1 Å². The van der Waals surface area contributed by atoms with Crippen LogP contribution >= 0.6 is 11.3 Å². The first-order chi connectivity index (χ1) is 22.0. The van der Waals surface area contributed by atoms with Crippen LogP contribution in [0.25, 0.3) is 26.9 Å². The van der Waals surface area contributed by atoms with Crippen LogP contribution in [-0.4, -0.2) is 52.4 Å². The molecule has 232 valence electrons. The standard InChI is InChI=1S/C36H35NO7S/c1-39-30-18-12-24(11-17-29(38)26-22-32(40-2)35(42-4)33(23-26)41-3)21-31(30)44-20-8-7-19-43-27-15-13-25(14-16-27)36-37-28-9-5-6-10-34(28)45-36/h5-6,9-18,21-23H,7-8,19-20H2,1-4H3/b17-11+. The molecule has 0 saturated heterocycles. The lowest BCUT2D eigenvalue weighted by Gasteiger charge is -2.13. The predicted molar refractivity (Wildman–Crippen MR) is 178 cm³/mol. The molecular formula is C36H35NO7S. The van der Waals surface area contributed by atoms with Crippen LogP contribution in [0, 0.1) is 0 Å². The fraction of sp³-hybridized carbons (Fsp3) is 0.222. The van der Waals surface area contributed by atoms with E-state index in [0.29, 0.717) is 47.5 Å². The maximum Gasteiger partial charge on any atom is 0.203 e. The average molecular weight is 626 g/mol. The zero-order valence-corrected chi connectivity index (χ0v) is 26.5. The van der Waals surface area contributed by atoms with Crippen molar-refractivity contribution < 1.29 is 33.2 Å². The number of carbonyl (C=O) groups is 1. The van der Waals surface area contributed by atoms with Crippen molar-refractivity contribution in [2.24, 2.45) is 0 Å². The van der Waals surface area contributed by atoms with Gasteiger partial charge in [0.15, 0.2) is 28.8 Å². The molecule has 4 aromatic carbocycles. The summed E-state index contributed by atoms with van der Waals surface area (Å²) in [6, 6.07) is 25.0. The van der Waals surface area contributed by atoms with Crippen LogP contribution in [0.3, 0.4) is 0 Å². The van der Waals surface area contributed by atoms with E-state index in [2.05, 4.69) is 6.07 Å². The minimum absolute atomic E-state index is 0.209. The van der Waals surface area contributed by atoms with Crippen LogP contribution in [0.5, 0.6) is 34.5 Å². The summed E-state index contributed by atoms with van der Waals surface area (Å²) in [5, 5.41) is 1.00. The molecule has 8 nitrogen and oxygen atoms in total. The SMILES string of the molecule is COc1ccc(/C=C/C(=O)c2cc(OC)c(OC)c(OC)c2)cc1OCCCCOc1ccc(-c2nc3ccccc3s2)cc1. The monoisotopic (exact) mass is 625 g/mol. The zero-order chi connectivity index (χ0) is 31.6. The summed E-state index contributed by atoms with van der Waals surface area (Å²) in [7, 11) is 6.14. The molecule has 0 unspecified atom stereocenters. The van der Waals surface area contributed by atoms with Crippen molar-refractivity contribution in [2.75, 3.05) is 41.7 Å². The second kappa shape index (κ2) is 15.1. The number of para-hydroxylation sites is 1. The minimum Gasteiger partial charge on any atom is -0.494 e. The number of carbonyl (C=O) groups excluding carboxylic acids is 1. The number of fused-ring (bicyclic) bond motifs is 1. The van der Waals surface area contributed by atoms with Crippen LogP contribution in [-0.2, 0) is 0 Å². The topological polar surface area (TPSA) is 85.3 Å². The molecule has 5 aromatic rings. The number of hydrogen-bond acceptors (Lipinski definition) is 9. The number of ketones is 1. The highest BCUT2D eigenvalue weighted by molar-refractivity contribution is 7.21. The Kier molecular flexibility index (Phi) is 10.6. The van der Waals surface area contributed by atoms with Gasteiger partial charge in [0, 0.05) is 11.1 Å². The fourth-order valence-electron chi connectivity index (χ4n) is 4.67. The molecule has 0 amide bonds. The largest absolute Gasteiger partial charge is 0.494 e. The highest BCUT2D eigenvalue weighted by atomic mass is 32.1. The predicted octanol–water partition coefficient (Wildman–Crippen LogP) is 8.13. The summed E-state index contributed by atoms with van der Waals surface area (Å²) in [4.78, 5) is 17.7. The molecule has 0 N–H and O–H groups in total. The molecule has 5 rings (SSSR count). The van der Waals surface area contributed by atoms with Crippen molar-refractivity contribution >= 4 is 33.4 Å². The van der Waals surface area contributed by atoms with Crippen LogP contribution in [0.15, 0.2) is 84.9 Å². The molecular weight excluding hydrogens is 590 g/mol. The smallest absolute Gasteiger partial charge is 0.203 e. The van der Waals surface area contributed by atoms with Crippen molar-refractivity contribution in [3.63, 3.8) is 0 Å². The van der Waals surface area contributed by atoms with Crippen LogP contribution < -0.4 is 28.4 Å². The Hall–Kier alpha value is -5.02. The highest BCUT2D eigenvalue weighted by Gasteiger charge is 2.16. The summed E-state index contributed by atoms with van der Waals surface area (Å²) in [5.74, 6) is 3.09. The number of unbranched alkanes of at least 4 members (excludes halogenated alkanes) is 1. The molecule has 0 bridgehead atoms. The van der Waals surface area contributed by atoms with E-state index >= 15 is 0 Å². The number of benzene rings is 4. The highest BCUT2D eigenvalue weighted by Crippen LogP contribution is 2.38.